The molecule has 0 spiro atoms. The Morgan fingerprint density at radius 3 is 3.00 bits per heavy atom. The van der Waals surface area contributed by atoms with E-state index in [-0.39, 0.29) is 24.4 Å². The van der Waals surface area contributed by atoms with E-state index in [2.05, 4.69) is 15.8 Å². The van der Waals surface area contributed by atoms with Gasteiger partial charge in [0, 0.05) is 25.6 Å². The molecule has 20 heavy (non-hydrogen) atoms. The van der Waals surface area contributed by atoms with Crippen LogP contribution in [0.2, 0.25) is 0 Å². The number of likely N-dealkylation sites (N-methyl/N-ethyl adjacent to an activating group) is 1. The predicted octanol–water partition coefficient (Wildman–Crippen LogP) is 0.522. The molecule has 1 fully saturated rings. The van der Waals surface area contributed by atoms with Crippen LogP contribution in [0.5, 0.6) is 0 Å². The van der Waals surface area contributed by atoms with Crippen molar-refractivity contribution in [1.82, 2.24) is 15.4 Å². The maximum Gasteiger partial charge on any atom is 0.245 e. The van der Waals surface area contributed by atoms with E-state index in [0.717, 1.165) is 19.4 Å². The van der Waals surface area contributed by atoms with E-state index < -0.39 is 0 Å². The van der Waals surface area contributed by atoms with E-state index in [9.17, 15) is 9.59 Å². The van der Waals surface area contributed by atoms with Gasteiger partial charge in [-0.2, -0.15) is 0 Å². The van der Waals surface area contributed by atoms with Crippen molar-refractivity contribution in [3.8, 4) is 0 Å². The topological polar surface area (TPSA) is 87.5 Å². The molecular formula is C13H20N4O3. The van der Waals surface area contributed by atoms with Gasteiger partial charge in [0.25, 0.3) is 0 Å². The summed E-state index contributed by atoms with van der Waals surface area (Å²) in [5.74, 6) is 0.673. The van der Waals surface area contributed by atoms with Crippen LogP contribution in [-0.4, -0.2) is 48.0 Å². The SMILES string of the molecule is Cc1cc(NC(=O)CN(C)C(=O)CC2CCCN2)no1. The zero-order valence-corrected chi connectivity index (χ0v) is 11.8. The van der Waals surface area contributed by atoms with Gasteiger partial charge in [-0.05, 0) is 26.3 Å². The van der Waals surface area contributed by atoms with Gasteiger partial charge >= 0.3 is 0 Å². The van der Waals surface area contributed by atoms with Crippen molar-refractivity contribution < 1.29 is 14.1 Å². The molecule has 0 bridgehead atoms. The predicted molar refractivity (Wildman–Crippen MR) is 73.1 cm³/mol. The zero-order chi connectivity index (χ0) is 14.5. The Balaban J connectivity index is 1.76. The normalized spacial score (nSPS) is 18.0. The lowest BCUT2D eigenvalue weighted by molar-refractivity contribution is -0.133. The summed E-state index contributed by atoms with van der Waals surface area (Å²) >= 11 is 0. The van der Waals surface area contributed by atoms with E-state index in [1.165, 1.54) is 4.90 Å². The third-order valence-corrected chi connectivity index (χ3v) is 3.29. The smallest absolute Gasteiger partial charge is 0.245 e. The number of carbonyl (C=O) groups excluding carboxylic acids is 2. The third-order valence-electron chi connectivity index (χ3n) is 3.29. The van der Waals surface area contributed by atoms with Crippen molar-refractivity contribution in [1.29, 1.82) is 0 Å². The molecule has 2 heterocycles. The van der Waals surface area contributed by atoms with Gasteiger partial charge in [-0.1, -0.05) is 5.16 Å². The average Bonchev–Trinajstić information content (AvgIpc) is 3.01. The van der Waals surface area contributed by atoms with Gasteiger partial charge in [0.2, 0.25) is 11.8 Å². The minimum absolute atomic E-state index is 0.0114. The summed E-state index contributed by atoms with van der Waals surface area (Å²) in [5, 5.41) is 9.53. The Hall–Kier alpha value is -1.89. The summed E-state index contributed by atoms with van der Waals surface area (Å²) in [6.07, 6.45) is 2.56. The number of amides is 2. The van der Waals surface area contributed by atoms with Crippen molar-refractivity contribution >= 4 is 17.6 Å². The molecule has 0 aromatic carbocycles. The first-order chi connectivity index (χ1) is 9.54. The highest BCUT2D eigenvalue weighted by molar-refractivity contribution is 5.93. The van der Waals surface area contributed by atoms with Crippen LogP contribution < -0.4 is 10.6 Å². The lowest BCUT2D eigenvalue weighted by atomic mass is 10.1. The minimum Gasteiger partial charge on any atom is -0.360 e. The van der Waals surface area contributed by atoms with Crippen LogP contribution in [0.4, 0.5) is 5.82 Å². The first kappa shape index (κ1) is 14.5. The highest BCUT2D eigenvalue weighted by atomic mass is 16.5. The van der Waals surface area contributed by atoms with Crippen LogP contribution in [-0.2, 0) is 9.59 Å². The fourth-order valence-electron chi connectivity index (χ4n) is 2.21. The zero-order valence-electron chi connectivity index (χ0n) is 11.8. The van der Waals surface area contributed by atoms with Gasteiger partial charge in [-0.3, -0.25) is 9.59 Å². The van der Waals surface area contributed by atoms with Gasteiger partial charge < -0.3 is 20.1 Å². The van der Waals surface area contributed by atoms with Crippen molar-refractivity contribution in [2.75, 3.05) is 25.5 Å². The van der Waals surface area contributed by atoms with E-state index in [1.807, 2.05) is 0 Å². The monoisotopic (exact) mass is 280 g/mol. The molecule has 7 heteroatoms. The third kappa shape index (κ3) is 4.06. The van der Waals surface area contributed by atoms with E-state index in [4.69, 9.17) is 4.52 Å². The molecule has 2 amide bonds. The quantitative estimate of drug-likeness (QED) is 0.821. The molecule has 1 aromatic rings. The Morgan fingerprint density at radius 2 is 2.40 bits per heavy atom. The van der Waals surface area contributed by atoms with E-state index in [0.29, 0.717) is 18.0 Å². The van der Waals surface area contributed by atoms with Crippen LogP contribution in [0.3, 0.4) is 0 Å². The number of hydrogen-bond acceptors (Lipinski definition) is 5. The van der Waals surface area contributed by atoms with Crippen LogP contribution in [0.15, 0.2) is 10.6 Å². The van der Waals surface area contributed by atoms with Gasteiger partial charge in [-0.15, -0.1) is 0 Å². The molecule has 2 rings (SSSR count). The number of nitrogens with zero attached hydrogens (tertiary/aromatic N) is 2. The van der Waals surface area contributed by atoms with Crippen molar-refractivity contribution in [2.24, 2.45) is 0 Å². The van der Waals surface area contributed by atoms with Crippen LogP contribution in [0.1, 0.15) is 25.0 Å². The first-order valence-corrected chi connectivity index (χ1v) is 6.75. The second-order valence-corrected chi connectivity index (χ2v) is 5.12. The lowest BCUT2D eigenvalue weighted by Crippen LogP contribution is -2.38. The van der Waals surface area contributed by atoms with Gasteiger partial charge in [-0.25, -0.2) is 0 Å². The molecule has 1 aromatic heterocycles. The molecule has 0 radical (unpaired) electrons. The van der Waals surface area contributed by atoms with Crippen molar-refractivity contribution in [3.63, 3.8) is 0 Å². The number of carbonyl (C=O) groups is 2. The summed E-state index contributed by atoms with van der Waals surface area (Å²) in [7, 11) is 1.63. The number of anilines is 1. The van der Waals surface area contributed by atoms with Crippen molar-refractivity contribution in [2.45, 2.75) is 32.2 Å². The molecule has 0 aliphatic carbocycles. The number of aromatic nitrogens is 1. The molecule has 0 saturated carbocycles. The standard InChI is InChI=1S/C13H20N4O3/c1-9-6-11(16-20-9)15-12(18)8-17(2)13(19)7-10-4-3-5-14-10/h6,10,14H,3-5,7-8H2,1-2H3,(H,15,16,18). The second-order valence-electron chi connectivity index (χ2n) is 5.12. The molecule has 1 aliphatic rings. The van der Waals surface area contributed by atoms with Crippen molar-refractivity contribution in [3.05, 3.63) is 11.8 Å². The summed E-state index contributed by atoms with van der Waals surface area (Å²) in [5.41, 5.74) is 0. The maximum absolute atomic E-state index is 12.0. The van der Waals surface area contributed by atoms with Gasteiger partial charge in [0.05, 0.1) is 6.54 Å². The molecular weight excluding hydrogens is 260 g/mol. The number of rotatable bonds is 5. The Morgan fingerprint density at radius 1 is 1.60 bits per heavy atom. The van der Waals surface area contributed by atoms with Crippen LogP contribution in [0.25, 0.3) is 0 Å². The number of aryl methyl sites for hydroxylation is 1. The summed E-state index contributed by atoms with van der Waals surface area (Å²) in [4.78, 5) is 25.2. The van der Waals surface area contributed by atoms with E-state index in [1.54, 1.807) is 20.0 Å². The molecule has 7 nitrogen and oxygen atoms in total. The van der Waals surface area contributed by atoms with Crippen LogP contribution in [0, 0.1) is 6.92 Å². The Kier molecular flexibility index (Phi) is 4.73. The highest BCUT2D eigenvalue weighted by Crippen LogP contribution is 2.10. The van der Waals surface area contributed by atoms with E-state index >= 15 is 0 Å². The molecule has 2 N–H and O–H groups in total. The second kappa shape index (κ2) is 6.51. The Labute approximate surface area is 117 Å². The minimum atomic E-state index is -0.284. The summed E-state index contributed by atoms with van der Waals surface area (Å²) in [6, 6.07) is 1.87. The molecule has 1 unspecified atom stereocenters. The molecule has 1 aliphatic heterocycles. The molecule has 1 atom stereocenters. The molecule has 1 saturated heterocycles. The van der Waals surface area contributed by atoms with Crippen LogP contribution >= 0.6 is 0 Å². The largest absolute Gasteiger partial charge is 0.360 e. The number of hydrogen-bond donors (Lipinski definition) is 2. The Bertz CT molecular complexity index is 480. The van der Waals surface area contributed by atoms with Gasteiger partial charge in [0.1, 0.15) is 5.76 Å². The highest BCUT2D eigenvalue weighted by Gasteiger charge is 2.21. The maximum atomic E-state index is 12.0. The first-order valence-electron chi connectivity index (χ1n) is 6.75. The summed E-state index contributed by atoms with van der Waals surface area (Å²) < 4.78 is 4.85. The molecule has 110 valence electrons. The fraction of sp³-hybridized carbons (Fsp3) is 0.615. The van der Waals surface area contributed by atoms with Gasteiger partial charge in [0.15, 0.2) is 5.82 Å². The lowest BCUT2D eigenvalue weighted by Gasteiger charge is -2.18. The number of nitrogens with one attached hydrogen (secondary N) is 2. The average molecular weight is 280 g/mol. The summed E-state index contributed by atoms with van der Waals surface area (Å²) in [6.45, 7) is 2.72. The fourth-order valence-corrected chi connectivity index (χ4v) is 2.21.